The van der Waals surface area contributed by atoms with E-state index < -0.39 is 0 Å². The maximum atomic E-state index is 11.8. The maximum Gasteiger partial charge on any atom is 0.222 e. The first-order valence-electron chi connectivity index (χ1n) is 7.84. The Morgan fingerprint density at radius 2 is 2.27 bits per heavy atom. The van der Waals surface area contributed by atoms with Crippen molar-refractivity contribution in [1.82, 2.24) is 24.8 Å². The number of H-pyrrole nitrogens is 1. The lowest BCUT2D eigenvalue weighted by Gasteiger charge is -2.32. The van der Waals surface area contributed by atoms with E-state index in [1.807, 2.05) is 18.0 Å². The number of aromatic nitrogens is 4. The monoisotopic (exact) mass is 299 g/mol. The minimum atomic E-state index is 0.254. The zero-order valence-corrected chi connectivity index (χ0v) is 12.8. The van der Waals surface area contributed by atoms with Crippen molar-refractivity contribution in [2.75, 3.05) is 13.1 Å². The summed E-state index contributed by atoms with van der Waals surface area (Å²) in [5, 5.41) is 0. The van der Waals surface area contributed by atoms with E-state index in [1.165, 1.54) is 0 Å². The number of aromatic amines is 1. The zero-order chi connectivity index (χ0) is 15.4. The molecule has 116 valence electrons. The number of piperidine rings is 1. The Bertz CT molecular complexity index is 608. The topological polar surface area (TPSA) is 74.8 Å². The second-order valence-electron chi connectivity index (χ2n) is 5.74. The molecule has 0 radical (unpaired) electrons. The van der Waals surface area contributed by atoms with Gasteiger partial charge in [-0.15, -0.1) is 0 Å². The number of nitrogens with zero attached hydrogens (tertiary/aromatic N) is 4. The number of likely N-dealkylation sites (tertiary alicyclic amines) is 1. The van der Waals surface area contributed by atoms with Gasteiger partial charge in [0.2, 0.25) is 5.91 Å². The van der Waals surface area contributed by atoms with Crippen LogP contribution < -0.4 is 0 Å². The summed E-state index contributed by atoms with van der Waals surface area (Å²) < 4.78 is 0. The van der Waals surface area contributed by atoms with Gasteiger partial charge in [0.25, 0.3) is 0 Å². The summed E-state index contributed by atoms with van der Waals surface area (Å²) in [6.07, 6.45) is 10.7. The summed E-state index contributed by atoms with van der Waals surface area (Å²) in [6, 6.07) is 0. The Kier molecular flexibility index (Phi) is 4.46. The normalized spacial score (nSPS) is 18.4. The molecule has 1 N–H and O–H groups in total. The Morgan fingerprint density at radius 1 is 1.36 bits per heavy atom. The van der Waals surface area contributed by atoms with Crippen LogP contribution in [0.1, 0.15) is 31.9 Å². The molecule has 1 saturated heterocycles. The molecule has 1 aliphatic rings. The smallest absolute Gasteiger partial charge is 0.222 e. The average Bonchev–Trinajstić information content (AvgIpc) is 3.09. The highest BCUT2D eigenvalue weighted by atomic mass is 16.2. The lowest BCUT2D eigenvalue weighted by atomic mass is 9.93. The molecule has 6 nitrogen and oxygen atoms in total. The third-order valence-electron chi connectivity index (χ3n) is 4.12. The fraction of sp³-hybridized carbons (Fsp3) is 0.500. The van der Waals surface area contributed by atoms with Crippen molar-refractivity contribution in [3.05, 3.63) is 30.5 Å². The van der Waals surface area contributed by atoms with E-state index in [-0.39, 0.29) is 5.91 Å². The largest absolute Gasteiger partial charge is 0.343 e. The van der Waals surface area contributed by atoms with Crippen molar-refractivity contribution >= 4 is 5.91 Å². The number of rotatable bonds is 4. The van der Waals surface area contributed by atoms with Gasteiger partial charge in [0.05, 0.1) is 11.9 Å². The summed E-state index contributed by atoms with van der Waals surface area (Å²) in [5.41, 5.74) is 1.73. The Morgan fingerprint density at radius 3 is 2.95 bits per heavy atom. The highest BCUT2D eigenvalue weighted by Gasteiger charge is 2.23. The highest BCUT2D eigenvalue weighted by Crippen LogP contribution is 2.21. The molecule has 22 heavy (non-hydrogen) atoms. The number of amides is 1. The second kappa shape index (κ2) is 6.68. The van der Waals surface area contributed by atoms with Gasteiger partial charge in [0.1, 0.15) is 5.69 Å². The molecule has 1 amide bonds. The van der Waals surface area contributed by atoms with E-state index in [0.717, 1.165) is 49.6 Å². The average molecular weight is 299 g/mol. The quantitative estimate of drug-likeness (QED) is 0.937. The molecule has 1 fully saturated rings. The van der Waals surface area contributed by atoms with Crippen molar-refractivity contribution in [3.8, 4) is 11.5 Å². The number of imidazole rings is 1. The summed E-state index contributed by atoms with van der Waals surface area (Å²) in [5.74, 6) is 1.47. The van der Waals surface area contributed by atoms with E-state index >= 15 is 0 Å². The number of carbonyl (C=O) groups excluding carboxylic acids is 1. The first kappa shape index (κ1) is 14.7. The predicted molar refractivity (Wildman–Crippen MR) is 82.9 cm³/mol. The minimum absolute atomic E-state index is 0.254. The second-order valence-corrected chi connectivity index (χ2v) is 5.74. The fourth-order valence-electron chi connectivity index (χ4n) is 2.97. The van der Waals surface area contributed by atoms with Crippen LogP contribution in [0.5, 0.6) is 0 Å². The summed E-state index contributed by atoms with van der Waals surface area (Å²) in [4.78, 5) is 29.9. The van der Waals surface area contributed by atoms with Crippen LogP contribution in [-0.2, 0) is 11.2 Å². The van der Waals surface area contributed by atoms with Gasteiger partial charge in [-0.1, -0.05) is 6.92 Å². The molecule has 6 heteroatoms. The molecular weight excluding hydrogens is 278 g/mol. The lowest BCUT2D eigenvalue weighted by Crippen LogP contribution is -2.40. The third-order valence-corrected chi connectivity index (χ3v) is 4.12. The SMILES string of the molecule is CCC(=O)N1CCC[C@H](Cc2cnc(-c3ncc[nH]3)cn2)C1. The first-order valence-corrected chi connectivity index (χ1v) is 7.84. The van der Waals surface area contributed by atoms with Crippen LogP contribution in [0.4, 0.5) is 0 Å². The van der Waals surface area contributed by atoms with Crippen LogP contribution in [0.25, 0.3) is 11.5 Å². The molecule has 2 aromatic heterocycles. The van der Waals surface area contributed by atoms with Crippen LogP contribution >= 0.6 is 0 Å². The minimum Gasteiger partial charge on any atom is -0.343 e. The molecule has 0 unspecified atom stereocenters. The van der Waals surface area contributed by atoms with Crippen LogP contribution in [0.2, 0.25) is 0 Å². The highest BCUT2D eigenvalue weighted by molar-refractivity contribution is 5.75. The molecule has 0 spiro atoms. The molecule has 3 rings (SSSR count). The fourth-order valence-corrected chi connectivity index (χ4v) is 2.97. The van der Waals surface area contributed by atoms with Crippen molar-refractivity contribution in [2.45, 2.75) is 32.6 Å². The van der Waals surface area contributed by atoms with Gasteiger partial charge >= 0.3 is 0 Å². The first-order chi connectivity index (χ1) is 10.8. The van der Waals surface area contributed by atoms with Gasteiger partial charge in [-0.05, 0) is 25.2 Å². The molecule has 0 aliphatic carbocycles. The van der Waals surface area contributed by atoms with Gasteiger partial charge in [0.15, 0.2) is 5.82 Å². The van der Waals surface area contributed by atoms with Crippen LogP contribution in [0.15, 0.2) is 24.8 Å². The van der Waals surface area contributed by atoms with Crippen molar-refractivity contribution in [2.24, 2.45) is 5.92 Å². The van der Waals surface area contributed by atoms with Crippen LogP contribution in [-0.4, -0.2) is 43.8 Å². The van der Waals surface area contributed by atoms with E-state index in [9.17, 15) is 4.79 Å². The standard InChI is InChI=1S/C16H21N5O/c1-2-15(22)21-7-3-4-12(11-21)8-13-9-20-14(10-19-13)16-17-5-6-18-16/h5-6,9-10,12H,2-4,7-8,11H2,1H3,(H,17,18)/t12-/m1/s1. The van der Waals surface area contributed by atoms with E-state index in [1.54, 1.807) is 18.6 Å². The van der Waals surface area contributed by atoms with Crippen molar-refractivity contribution in [3.63, 3.8) is 0 Å². The van der Waals surface area contributed by atoms with E-state index in [2.05, 4.69) is 19.9 Å². The molecule has 0 aromatic carbocycles. The number of carbonyl (C=O) groups is 1. The third kappa shape index (κ3) is 3.32. The number of hydrogen-bond donors (Lipinski definition) is 1. The maximum absolute atomic E-state index is 11.8. The van der Waals surface area contributed by atoms with Crippen molar-refractivity contribution in [1.29, 1.82) is 0 Å². The van der Waals surface area contributed by atoms with Gasteiger partial charge in [0, 0.05) is 38.1 Å². The Balaban J connectivity index is 1.62. The zero-order valence-electron chi connectivity index (χ0n) is 12.8. The lowest BCUT2D eigenvalue weighted by molar-refractivity contribution is -0.132. The molecule has 3 heterocycles. The van der Waals surface area contributed by atoms with Crippen molar-refractivity contribution < 1.29 is 4.79 Å². The Labute approximate surface area is 130 Å². The Hall–Kier alpha value is -2.24. The molecule has 0 bridgehead atoms. The summed E-state index contributed by atoms with van der Waals surface area (Å²) in [7, 11) is 0. The molecule has 0 saturated carbocycles. The molecule has 1 aliphatic heterocycles. The van der Waals surface area contributed by atoms with Crippen LogP contribution in [0.3, 0.4) is 0 Å². The molecular formula is C16H21N5O. The van der Waals surface area contributed by atoms with Gasteiger partial charge < -0.3 is 9.88 Å². The predicted octanol–water partition coefficient (Wildman–Crippen LogP) is 2.06. The van der Waals surface area contributed by atoms with Gasteiger partial charge in [-0.25, -0.2) is 9.97 Å². The van der Waals surface area contributed by atoms with E-state index in [4.69, 9.17) is 0 Å². The number of nitrogens with one attached hydrogen (secondary N) is 1. The summed E-state index contributed by atoms with van der Waals surface area (Å²) >= 11 is 0. The van der Waals surface area contributed by atoms with Gasteiger partial charge in [-0.3, -0.25) is 9.78 Å². The van der Waals surface area contributed by atoms with E-state index in [0.29, 0.717) is 12.3 Å². The molecule has 1 atom stereocenters. The van der Waals surface area contributed by atoms with Gasteiger partial charge in [-0.2, -0.15) is 0 Å². The summed E-state index contributed by atoms with van der Waals surface area (Å²) in [6.45, 7) is 3.66. The molecule has 2 aromatic rings. The number of hydrogen-bond acceptors (Lipinski definition) is 4. The van der Waals surface area contributed by atoms with Crippen LogP contribution in [0, 0.1) is 5.92 Å².